The zero-order valence-electron chi connectivity index (χ0n) is 34.6. The van der Waals surface area contributed by atoms with Crippen LogP contribution in [0.3, 0.4) is 0 Å². The molecular weight excluding hydrogens is 749 g/mol. The number of hydrogen-bond acceptors (Lipinski definition) is 0. The summed E-state index contributed by atoms with van der Waals surface area (Å²) in [6.07, 6.45) is 6.33. The number of fused-ring (bicyclic) bond motifs is 11. The topological polar surface area (TPSA) is 9.86 Å². The van der Waals surface area contributed by atoms with Crippen LogP contribution in [-0.2, 0) is 5.41 Å². The molecule has 2 aromatic heterocycles. The molecular formula is C60H44N2. The van der Waals surface area contributed by atoms with Gasteiger partial charge >= 0.3 is 0 Å². The predicted molar refractivity (Wildman–Crippen MR) is 261 cm³/mol. The van der Waals surface area contributed by atoms with Gasteiger partial charge in [0.25, 0.3) is 0 Å². The van der Waals surface area contributed by atoms with E-state index >= 15 is 0 Å². The van der Waals surface area contributed by atoms with E-state index in [9.17, 15) is 0 Å². The maximum absolute atomic E-state index is 2.61. The van der Waals surface area contributed by atoms with E-state index in [-0.39, 0.29) is 5.41 Å². The summed E-state index contributed by atoms with van der Waals surface area (Å²) in [5.74, 6) is 0. The Labute approximate surface area is 362 Å². The Morgan fingerprint density at radius 2 is 0.823 bits per heavy atom. The van der Waals surface area contributed by atoms with Crippen LogP contribution < -0.4 is 0 Å². The molecule has 0 radical (unpaired) electrons. The molecule has 2 heterocycles. The van der Waals surface area contributed by atoms with Crippen LogP contribution in [0.5, 0.6) is 0 Å². The van der Waals surface area contributed by atoms with E-state index in [1.807, 2.05) is 0 Å². The average molecular weight is 793 g/mol. The van der Waals surface area contributed by atoms with Crippen LogP contribution in [0, 0.1) is 0 Å². The number of para-hydroxylation sites is 1. The van der Waals surface area contributed by atoms with Gasteiger partial charge in [-0.1, -0.05) is 159 Å². The van der Waals surface area contributed by atoms with Crippen molar-refractivity contribution in [3.05, 3.63) is 217 Å². The highest BCUT2D eigenvalue weighted by Gasteiger charge is 2.44. The molecule has 2 heteroatoms. The molecule has 294 valence electrons. The lowest BCUT2D eigenvalue weighted by Gasteiger charge is -2.36. The second-order valence-corrected chi connectivity index (χ2v) is 17.6. The van der Waals surface area contributed by atoms with Crippen LogP contribution in [-0.4, -0.2) is 9.13 Å². The van der Waals surface area contributed by atoms with Crippen LogP contribution in [0.1, 0.15) is 43.2 Å². The van der Waals surface area contributed by atoms with Gasteiger partial charge in [0.2, 0.25) is 0 Å². The summed E-state index contributed by atoms with van der Waals surface area (Å²) < 4.78 is 4.94. The van der Waals surface area contributed by atoms with E-state index in [1.165, 1.54) is 143 Å². The van der Waals surface area contributed by atoms with Gasteiger partial charge in [-0.15, -0.1) is 0 Å². The Kier molecular flexibility index (Phi) is 7.87. The molecule has 2 nitrogen and oxygen atoms in total. The molecule has 13 rings (SSSR count). The molecule has 0 atom stereocenters. The summed E-state index contributed by atoms with van der Waals surface area (Å²) in [6.45, 7) is 0. The second-order valence-electron chi connectivity index (χ2n) is 17.6. The van der Waals surface area contributed by atoms with Gasteiger partial charge in [0.1, 0.15) is 0 Å². The maximum atomic E-state index is 2.61. The number of nitrogens with zero attached hydrogens (tertiary/aromatic N) is 2. The van der Waals surface area contributed by atoms with Crippen molar-refractivity contribution in [2.75, 3.05) is 0 Å². The van der Waals surface area contributed by atoms with Crippen LogP contribution >= 0.6 is 0 Å². The first-order valence-electron chi connectivity index (χ1n) is 22.3. The zero-order chi connectivity index (χ0) is 40.8. The Bertz CT molecular complexity index is 3530. The molecule has 11 aromatic rings. The lowest BCUT2D eigenvalue weighted by molar-refractivity contribution is 0.353. The Balaban J connectivity index is 1.01. The molecule has 0 N–H and O–H groups in total. The smallest absolute Gasteiger partial charge is 0.0547 e. The fraction of sp³-hybridized carbons (Fsp3) is 0.100. The Morgan fingerprint density at radius 1 is 0.290 bits per heavy atom. The normalized spacial score (nSPS) is 14.3. The molecule has 0 unspecified atom stereocenters. The monoisotopic (exact) mass is 792 g/mol. The molecule has 1 spiro atoms. The molecule has 0 bridgehead atoms. The largest absolute Gasteiger partial charge is 0.309 e. The molecule has 2 aliphatic carbocycles. The lowest BCUT2D eigenvalue weighted by Crippen LogP contribution is -2.27. The molecule has 62 heavy (non-hydrogen) atoms. The van der Waals surface area contributed by atoms with Gasteiger partial charge in [0, 0.05) is 38.3 Å². The summed E-state index contributed by atoms with van der Waals surface area (Å²) in [4.78, 5) is 0. The fourth-order valence-corrected chi connectivity index (χ4v) is 11.4. The summed E-state index contributed by atoms with van der Waals surface area (Å²) in [5.41, 5.74) is 20.6. The lowest BCUT2D eigenvalue weighted by atomic mass is 9.68. The van der Waals surface area contributed by atoms with Crippen molar-refractivity contribution in [1.29, 1.82) is 0 Å². The number of benzene rings is 9. The SMILES string of the molecule is c1ccc(-c2ccc(-n3c4ccc(-c5ccc6c(c5)c5ccccc5n6-c5cccc(-c6ccccc6)c5)cc4c4cc5c(cc43)-c3ccccc3C53CCCCC3)cc2)cc1. The van der Waals surface area contributed by atoms with E-state index in [2.05, 4.69) is 215 Å². The summed E-state index contributed by atoms with van der Waals surface area (Å²) in [7, 11) is 0. The van der Waals surface area contributed by atoms with E-state index in [1.54, 1.807) is 0 Å². The zero-order valence-corrected chi connectivity index (χ0v) is 34.6. The van der Waals surface area contributed by atoms with E-state index in [4.69, 9.17) is 0 Å². The molecule has 0 saturated heterocycles. The van der Waals surface area contributed by atoms with Crippen molar-refractivity contribution in [3.8, 4) is 55.9 Å². The fourth-order valence-electron chi connectivity index (χ4n) is 11.4. The molecule has 0 aliphatic heterocycles. The first-order chi connectivity index (χ1) is 30.7. The third-order valence-corrected chi connectivity index (χ3v) is 14.3. The van der Waals surface area contributed by atoms with Crippen LogP contribution in [0.2, 0.25) is 0 Å². The van der Waals surface area contributed by atoms with Crippen LogP contribution in [0.25, 0.3) is 99.5 Å². The molecule has 1 fully saturated rings. The minimum absolute atomic E-state index is 0.0849. The third-order valence-electron chi connectivity index (χ3n) is 14.3. The molecule has 2 aliphatic rings. The highest BCUT2D eigenvalue weighted by molar-refractivity contribution is 6.14. The van der Waals surface area contributed by atoms with Gasteiger partial charge in [-0.2, -0.15) is 0 Å². The average Bonchev–Trinajstić information content (AvgIpc) is 3.94. The summed E-state index contributed by atoms with van der Waals surface area (Å²) in [6, 6.07) is 77.0. The van der Waals surface area contributed by atoms with Gasteiger partial charge < -0.3 is 9.13 Å². The van der Waals surface area contributed by atoms with Gasteiger partial charge in [-0.3, -0.25) is 0 Å². The highest BCUT2D eigenvalue weighted by Crippen LogP contribution is 2.57. The van der Waals surface area contributed by atoms with E-state index in [0.29, 0.717) is 0 Å². The summed E-state index contributed by atoms with van der Waals surface area (Å²) in [5, 5.41) is 5.16. The van der Waals surface area contributed by atoms with E-state index in [0.717, 1.165) is 0 Å². The van der Waals surface area contributed by atoms with Gasteiger partial charge in [-0.25, -0.2) is 0 Å². The first-order valence-corrected chi connectivity index (χ1v) is 22.3. The molecule has 0 amide bonds. The van der Waals surface area contributed by atoms with Gasteiger partial charge in [-0.05, 0) is 135 Å². The number of aromatic nitrogens is 2. The Morgan fingerprint density at radius 3 is 1.56 bits per heavy atom. The van der Waals surface area contributed by atoms with Crippen molar-refractivity contribution in [1.82, 2.24) is 9.13 Å². The Hall–Kier alpha value is -7.42. The third kappa shape index (κ3) is 5.29. The van der Waals surface area contributed by atoms with Crippen LogP contribution in [0.4, 0.5) is 0 Å². The second kappa shape index (κ2) is 13.8. The summed E-state index contributed by atoms with van der Waals surface area (Å²) >= 11 is 0. The highest BCUT2D eigenvalue weighted by atomic mass is 15.0. The van der Waals surface area contributed by atoms with E-state index < -0.39 is 0 Å². The minimum atomic E-state index is 0.0849. The van der Waals surface area contributed by atoms with Crippen LogP contribution in [0.15, 0.2) is 206 Å². The number of rotatable bonds is 5. The maximum Gasteiger partial charge on any atom is 0.0547 e. The first kappa shape index (κ1) is 35.3. The van der Waals surface area contributed by atoms with Crippen molar-refractivity contribution < 1.29 is 0 Å². The standard InChI is InChI=1S/C60H44N2/c1-4-15-40(16-5-1)42-25-29-46(30-26-42)61-58-32-28-45(37-52(58)53-38-55-50(39-59(53)61)48-21-8-10-23-54(48)60(55)33-12-3-13-34-60)44-27-31-57-51(36-44)49-22-9-11-24-56(49)62(57)47-20-14-19-43(35-47)41-17-6-2-7-18-41/h1-2,4-11,14-32,35-39H,3,12-13,33-34H2. The van der Waals surface area contributed by atoms with Crippen molar-refractivity contribution in [2.45, 2.75) is 37.5 Å². The van der Waals surface area contributed by atoms with Gasteiger partial charge in [0.05, 0.1) is 22.1 Å². The number of hydrogen-bond donors (Lipinski definition) is 0. The minimum Gasteiger partial charge on any atom is -0.309 e. The van der Waals surface area contributed by atoms with Gasteiger partial charge in [0.15, 0.2) is 0 Å². The quantitative estimate of drug-likeness (QED) is 0.164. The van der Waals surface area contributed by atoms with Crippen molar-refractivity contribution in [2.24, 2.45) is 0 Å². The van der Waals surface area contributed by atoms with Crippen molar-refractivity contribution >= 4 is 43.6 Å². The molecule has 1 saturated carbocycles. The predicted octanol–water partition coefficient (Wildman–Crippen LogP) is 16.1. The van der Waals surface area contributed by atoms with Crippen molar-refractivity contribution in [3.63, 3.8) is 0 Å². The molecule has 9 aromatic carbocycles.